The van der Waals surface area contributed by atoms with Crippen LogP contribution in [0.4, 0.5) is 0 Å². The Labute approximate surface area is 164 Å². The minimum atomic E-state index is -1.01. The molecule has 0 aromatic heterocycles. The number of hydrogen-bond acceptors (Lipinski definition) is 4. The molecule has 0 aliphatic rings. The summed E-state index contributed by atoms with van der Waals surface area (Å²) in [7, 11) is 3.03. The molecular weight excluding hydrogens is 358 g/mol. The number of carbonyl (C=O) groups excluding carboxylic acids is 1. The Hall–Kier alpha value is -3.28. The van der Waals surface area contributed by atoms with Gasteiger partial charge in [-0.1, -0.05) is 42.5 Å². The Balaban J connectivity index is 2.02. The summed E-state index contributed by atoms with van der Waals surface area (Å²) in [5.41, 5.74) is 1.66. The normalized spacial score (nSPS) is 11.8. The molecule has 0 spiro atoms. The van der Waals surface area contributed by atoms with Crippen molar-refractivity contribution in [2.75, 3.05) is 14.2 Å². The molecule has 0 saturated heterocycles. The molecular formula is C22H25NO5. The van der Waals surface area contributed by atoms with E-state index in [0.29, 0.717) is 23.5 Å². The van der Waals surface area contributed by atoms with Gasteiger partial charge in [0, 0.05) is 18.1 Å². The van der Waals surface area contributed by atoms with E-state index in [0.717, 1.165) is 5.56 Å². The maximum absolute atomic E-state index is 12.3. The first-order valence-corrected chi connectivity index (χ1v) is 8.98. The fourth-order valence-corrected chi connectivity index (χ4v) is 2.78. The highest BCUT2D eigenvalue weighted by atomic mass is 16.5. The molecule has 1 unspecified atom stereocenters. The van der Waals surface area contributed by atoms with Crippen LogP contribution in [0.25, 0.3) is 6.08 Å². The number of carboxylic acids is 1. The summed E-state index contributed by atoms with van der Waals surface area (Å²) in [5, 5.41) is 12.0. The van der Waals surface area contributed by atoms with Crippen molar-refractivity contribution < 1.29 is 24.2 Å². The lowest BCUT2D eigenvalue weighted by Crippen LogP contribution is -2.30. The van der Waals surface area contributed by atoms with Gasteiger partial charge in [-0.25, -0.2) is 0 Å². The molecule has 0 aliphatic heterocycles. The van der Waals surface area contributed by atoms with Crippen molar-refractivity contribution in [3.63, 3.8) is 0 Å². The van der Waals surface area contributed by atoms with Crippen molar-refractivity contribution >= 4 is 18.0 Å². The summed E-state index contributed by atoms with van der Waals surface area (Å²) in [4.78, 5) is 23.6. The number of ether oxygens (including phenoxy) is 2. The molecule has 0 fully saturated rings. The van der Waals surface area contributed by atoms with Crippen LogP contribution < -0.4 is 14.8 Å². The average Bonchev–Trinajstić information content (AvgIpc) is 2.70. The highest BCUT2D eigenvalue weighted by Gasteiger charge is 2.21. The molecule has 2 aromatic carbocycles. The lowest BCUT2D eigenvalue weighted by molar-refractivity contribution is -0.137. The van der Waals surface area contributed by atoms with Crippen molar-refractivity contribution in [2.24, 2.45) is 0 Å². The maximum Gasteiger partial charge on any atom is 0.305 e. The standard InChI is InChI=1S/C22H25NO5/c1-27-17-12-13-18(20(14-17)28-2)19(15-22(25)26)23-21(24)11-7-6-10-16-8-4-3-5-9-16/h3-6,8-10,12-14,19H,7,11,15H2,1-2H3,(H,23,24)(H,25,26)/b10-6+. The smallest absolute Gasteiger partial charge is 0.305 e. The molecule has 0 bridgehead atoms. The highest BCUT2D eigenvalue weighted by molar-refractivity contribution is 5.78. The SMILES string of the molecule is COc1ccc(C(CC(=O)O)NC(=O)CC/C=C/c2ccccc2)c(OC)c1. The molecule has 1 amide bonds. The van der Waals surface area contributed by atoms with Crippen LogP contribution >= 0.6 is 0 Å². The van der Waals surface area contributed by atoms with Crippen molar-refractivity contribution in [1.82, 2.24) is 5.32 Å². The van der Waals surface area contributed by atoms with E-state index in [1.165, 1.54) is 14.2 Å². The molecule has 2 N–H and O–H groups in total. The number of allylic oxidation sites excluding steroid dienone is 1. The van der Waals surface area contributed by atoms with Crippen LogP contribution in [0.2, 0.25) is 0 Å². The molecule has 0 aliphatic carbocycles. The zero-order valence-corrected chi connectivity index (χ0v) is 16.1. The van der Waals surface area contributed by atoms with Crippen LogP contribution in [-0.4, -0.2) is 31.2 Å². The molecule has 2 aromatic rings. The predicted molar refractivity (Wildman–Crippen MR) is 107 cm³/mol. The first kappa shape index (κ1) is 21.0. The molecule has 1 atom stereocenters. The quantitative estimate of drug-likeness (QED) is 0.651. The van der Waals surface area contributed by atoms with Gasteiger partial charge in [0.25, 0.3) is 0 Å². The van der Waals surface area contributed by atoms with E-state index in [4.69, 9.17) is 9.47 Å². The van der Waals surface area contributed by atoms with Gasteiger partial charge in [-0.3, -0.25) is 9.59 Å². The van der Waals surface area contributed by atoms with E-state index in [1.807, 2.05) is 42.5 Å². The fourth-order valence-electron chi connectivity index (χ4n) is 2.78. The number of nitrogens with one attached hydrogen (secondary N) is 1. The van der Waals surface area contributed by atoms with E-state index < -0.39 is 12.0 Å². The summed E-state index contributed by atoms with van der Waals surface area (Å²) in [6.45, 7) is 0. The number of aliphatic carboxylic acids is 1. The third-order valence-electron chi connectivity index (χ3n) is 4.18. The summed E-state index contributed by atoms with van der Waals surface area (Å²) in [6.07, 6.45) is 4.45. The number of amides is 1. The van der Waals surface area contributed by atoms with Gasteiger partial charge in [0.2, 0.25) is 5.91 Å². The third kappa shape index (κ3) is 6.46. The Bertz CT molecular complexity index is 817. The Kier molecular flexibility index (Phi) is 8.09. The van der Waals surface area contributed by atoms with Crippen LogP contribution in [0.5, 0.6) is 11.5 Å². The van der Waals surface area contributed by atoms with Crippen molar-refractivity contribution in [3.8, 4) is 11.5 Å². The van der Waals surface area contributed by atoms with Gasteiger partial charge in [0.15, 0.2) is 0 Å². The maximum atomic E-state index is 12.3. The van der Waals surface area contributed by atoms with Crippen molar-refractivity contribution in [1.29, 1.82) is 0 Å². The minimum Gasteiger partial charge on any atom is -0.497 e. The summed E-state index contributed by atoms with van der Waals surface area (Å²) < 4.78 is 10.5. The largest absolute Gasteiger partial charge is 0.497 e. The van der Waals surface area contributed by atoms with Crippen LogP contribution in [-0.2, 0) is 9.59 Å². The van der Waals surface area contributed by atoms with Gasteiger partial charge in [0.1, 0.15) is 11.5 Å². The highest BCUT2D eigenvalue weighted by Crippen LogP contribution is 2.31. The molecule has 2 rings (SSSR count). The number of carboxylic acid groups (broad SMARTS) is 1. The van der Waals surface area contributed by atoms with E-state index in [-0.39, 0.29) is 18.7 Å². The van der Waals surface area contributed by atoms with Gasteiger partial charge >= 0.3 is 5.97 Å². The van der Waals surface area contributed by atoms with Gasteiger partial charge in [-0.05, 0) is 24.1 Å². The molecule has 6 nitrogen and oxygen atoms in total. The summed E-state index contributed by atoms with van der Waals surface area (Å²) in [6, 6.07) is 14.2. The second-order valence-electron chi connectivity index (χ2n) is 6.18. The van der Waals surface area contributed by atoms with Crippen LogP contribution in [0.3, 0.4) is 0 Å². The topological polar surface area (TPSA) is 84.9 Å². The van der Waals surface area contributed by atoms with E-state index in [9.17, 15) is 14.7 Å². The molecule has 6 heteroatoms. The van der Waals surface area contributed by atoms with Gasteiger partial charge in [-0.2, -0.15) is 0 Å². The Morgan fingerprint density at radius 1 is 1.11 bits per heavy atom. The van der Waals surface area contributed by atoms with Crippen LogP contribution in [0.1, 0.15) is 36.4 Å². The zero-order valence-electron chi connectivity index (χ0n) is 16.1. The van der Waals surface area contributed by atoms with Gasteiger partial charge in [0.05, 0.1) is 26.7 Å². The molecule has 148 valence electrons. The van der Waals surface area contributed by atoms with Crippen LogP contribution in [0, 0.1) is 0 Å². The predicted octanol–water partition coefficient (Wildman–Crippen LogP) is 3.83. The first-order valence-electron chi connectivity index (χ1n) is 8.98. The second-order valence-corrected chi connectivity index (χ2v) is 6.18. The molecule has 0 heterocycles. The van der Waals surface area contributed by atoms with Gasteiger partial charge in [-0.15, -0.1) is 0 Å². The lowest BCUT2D eigenvalue weighted by Gasteiger charge is -2.20. The molecule has 0 radical (unpaired) electrons. The Morgan fingerprint density at radius 3 is 2.50 bits per heavy atom. The molecule has 28 heavy (non-hydrogen) atoms. The van der Waals surface area contributed by atoms with Gasteiger partial charge < -0.3 is 19.9 Å². The summed E-state index contributed by atoms with van der Waals surface area (Å²) in [5.74, 6) is -0.170. The monoisotopic (exact) mass is 383 g/mol. The summed E-state index contributed by atoms with van der Waals surface area (Å²) >= 11 is 0. The third-order valence-corrected chi connectivity index (χ3v) is 4.18. The molecule has 0 saturated carbocycles. The van der Waals surface area contributed by atoms with Crippen molar-refractivity contribution in [2.45, 2.75) is 25.3 Å². The number of carbonyl (C=O) groups is 2. The number of rotatable bonds is 10. The first-order chi connectivity index (χ1) is 13.5. The minimum absolute atomic E-state index is 0.221. The fraction of sp³-hybridized carbons (Fsp3) is 0.273. The zero-order chi connectivity index (χ0) is 20.4. The lowest BCUT2D eigenvalue weighted by atomic mass is 10.0. The second kappa shape index (κ2) is 10.8. The Morgan fingerprint density at radius 2 is 1.86 bits per heavy atom. The van der Waals surface area contributed by atoms with E-state index in [1.54, 1.807) is 18.2 Å². The number of methoxy groups -OCH3 is 2. The van der Waals surface area contributed by atoms with E-state index >= 15 is 0 Å². The van der Waals surface area contributed by atoms with Crippen molar-refractivity contribution in [3.05, 3.63) is 65.7 Å². The number of hydrogen-bond donors (Lipinski definition) is 2. The number of benzene rings is 2. The van der Waals surface area contributed by atoms with E-state index in [2.05, 4.69) is 5.32 Å². The van der Waals surface area contributed by atoms with Crippen LogP contribution in [0.15, 0.2) is 54.6 Å². The average molecular weight is 383 g/mol.